The summed E-state index contributed by atoms with van der Waals surface area (Å²) >= 11 is 1.17. The number of anilines is 2. The average Bonchev–Trinajstić information content (AvgIpc) is 2.88. The first-order valence-corrected chi connectivity index (χ1v) is 7.17. The number of thiazole rings is 1. The Morgan fingerprint density at radius 1 is 1.40 bits per heavy atom. The molecule has 0 fully saturated rings. The van der Waals surface area contributed by atoms with Crippen LogP contribution < -0.4 is 10.6 Å². The summed E-state index contributed by atoms with van der Waals surface area (Å²) in [7, 11) is 1.37. The van der Waals surface area contributed by atoms with Gasteiger partial charge in [0.25, 0.3) is 0 Å². The average molecular weight is 289 g/mol. The maximum absolute atomic E-state index is 11.8. The number of hydrogen-bond donors (Lipinski definition) is 1. The molecule has 20 heavy (non-hydrogen) atoms. The van der Waals surface area contributed by atoms with Crippen LogP contribution in [0.25, 0.3) is 0 Å². The molecular formula is C14H15N3O2S. The van der Waals surface area contributed by atoms with Crippen LogP contribution in [-0.4, -0.2) is 24.6 Å². The van der Waals surface area contributed by atoms with E-state index in [9.17, 15) is 4.79 Å². The van der Waals surface area contributed by atoms with Crippen LogP contribution in [-0.2, 0) is 17.7 Å². The maximum Gasteiger partial charge on any atom is 0.352 e. The fourth-order valence-corrected chi connectivity index (χ4v) is 3.22. The summed E-state index contributed by atoms with van der Waals surface area (Å²) < 4.78 is 4.80. The van der Waals surface area contributed by atoms with Gasteiger partial charge in [-0.25, -0.2) is 9.78 Å². The Kier molecular flexibility index (Phi) is 3.31. The number of ether oxygens (including phenoxy) is 1. The van der Waals surface area contributed by atoms with Gasteiger partial charge in [-0.15, -0.1) is 0 Å². The summed E-state index contributed by atoms with van der Waals surface area (Å²) in [6.45, 7) is 1.56. The molecule has 2 heterocycles. The van der Waals surface area contributed by atoms with E-state index in [0.29, 0.717) is 15.8 Å². The van der Waals surface area contributed by atoms with E-state index < -0.39 is 0 Å². The molecule has 0 saturated carbocycles. The smallest absolute Gasteiger partial charge is 0.352 e. The second-order valence-electron chi connectivity index (χ2n) is 4.64. The molecule has 0 bridgehead atoms. The molecule has 0 atom stereocenters. The second-order valence-corrected chi connectivity index (χ2v) is 5.67. The van der Waals surface area contributed by atoms with Crippen molar-refractivity contribution >= 4 is 28.3 Å². The Labute approximate surface area is 121 Å². The van der Waals surface area contributed by atoms with Gasteiger partial charge in [0.2, 0.25) is 0 Å². The van der Waals surface area contributed by atoms with Crippen molar-refractivity contribution in [3.8, 4) is 0 Å². The molecule has 0 saturated heterocycles. The van der Waals surface area contributed by atoms with Gasteiger partial charge >= 0.3 is 5.97 Å². The third kappa shape index (κ3) is 2.22. The topological polar surface area (TPSA) is 68.5 Å². The van der Waals surface area contributed by atoms with Crippen molar-refractivity contribution in [3.63, 3.8) is 0 Å². The predicted octanol–water partition coefficient (Wildman–Crippen LogP) is 2.07. The van der Waals surface area contributed by atoms with Gasteiger partial charge in [-0.1, -0.05) is 35.6 Å². The zero-order chi connectivity index (χ0) is 14.1. The van der Waals surface area contributed by atoms with Gasteiger partial charge in [0.15, 0.2) is 15.8 Å². The molecule has 1 aromatic heterocycles. The van der Waals surface area contributed by atoms with Crippen molar-refractivity contribution < 1.29 is 9.53 Å². The van der Waals surface area contributed by atoms with Crippen molar-refractivity contribution in [3.05, 3.63) is 40.3 Å². The molecule has 1 aromatic carbocycles. The Hall–Kier alpha value is -2.08. The Morgan fingerprint density at radius 3 is 2.90 bits per heavy atom. The van der Waals surface area contributed by atoms with E-state index in [0.717, 1.165) is 19.5 Å². The van der Waals surface area contributed by atoms with Gasteiger partial charge < -0.3 is 15.4 Å². The zero-order valence-electron chi connectivity index (χ0n) is 11.1. The summed E-state index contributed by atoms with van der Waals surface area (Å²) in [5.41, 5.74) is 8.36. The molecule has 6 heteroatoms. The summed E-state index contributed by atoms with van der Waals surface area (Å²) in [6, 6.07) is 8.33. The predicted molar refractivity (Wildman–Crippen MR) is 79.1 cm³/mol. The van der Waals surface area contributed by atoms with Crippen molar-refractivity contribution in [1.82, 2.24) is 4.98 Å². The van der Waals surface area contributed by atoms with Crippen LogP contribution in [0.5, 0.6) is 0 Å². The van der Waals surface area contributed by atoms with E-state index in [4.69, 9.17) is 10.5 Å². The summed E-state index contributed by atoms with van der Waals surface area (Å²) in [6.07, 6.45) is 0.939. The lowest BCUT2D eigenvalue weighted by Crippen LogP contribution is -2.31. The summed E-state index contributed by atoms with van der Waals surface area (Å²) in [5, 5.41) is 0.388. The first-order chi connectivity index (χ1) is 9.69. The molecule has 1 aliphatic heterocycles. The van der Waals surface area contributed by atoms with Crippen LogP contribution in [0.1, 0.15) is 20.8 Å². The van der Waals surface area contributed by atoms with Crippen LogP contribution in [0, 0.1) is 0 Å². The van der Waals surface area contributed by atoms with Crippen molar-refractivity contribution in [1.29, 1.82) is 0 Å². The number of rotatable bonds is 2. The number of hydrogen-bond acceptors (Lipinski definition) is 6. The van der Waals surface area contributed by atoms with E-state index >= 15 is 0 Å². The van der Waals surface area contributed by atoms with E-state index in [1.54, 1.807) is 0 Å². The lowest BCUT2D eigenvalue weighted by Gasteiger charge is -2.29. The fourth-order valence-electron chi connectivity index (χ4n) is 2.44. The molecule has 104 valence electrons. The molecule has 0 radical (unpaired) electrons. The third-order valence-corrected chi connectivity index (χ3v) is 4.28. The molecule has 1 aliphatic rings. The highest BCUT2D eigenvalue weighted by atomic mass is 32.1. The number of carbonyl (C=O) groups is 1. The summed E-state index contributed by atoms with van der Waals surface area (Å²) in [5.74, 6) is 0.252. The number of nitrogen functional groups attached to an aromatic ring is 1. The van der Waals surface area contributed by atoms with Gasteiger partial charge in [0, 0.05) is 13.1 Å². The maximum atomic E-state index is 11.8. The molecule has 0 amide bonds. The SMILES string of the molecule is COC(=O)c1sc(N)nc1N1CCc2ccccc2C1. The standard InChI is InChI=1S/C14H15N3O2S/c1-19-13(18)11-12(16-14(15)20-11)17-7-6-9-4-2-3-5-10(9)8-17/h2-5H,6-8H2,1H3,(H2,15,16). The number of methoxy groups -OCH3 is 1. The number of fused-ring (bicyclic) bond motifs is 1. The Morgan fingerprint density at radius 2 is 2.15 bits per heavy atom. The lowest BCUT2D eigenvalue weighted by molar-refractivity contribution is 0.0606. The summed E-state index contributed by atoms with van der Waals surface area (Å²) in [4.78, 5) is 18.7. The highest BCUT2D eigenvalue weighted by molar-refractivity contribution is 7.17. The van der Waals surface area contributed by atoms with E-state index in [1.807, 2.05) is 6.07 Å². The molecule has 5 nitrogen and oxygen atoms in total. The van der Waals surface area contributed by atoms with E-state index in [2.05, 4.69) is 28.1 Å². The molecule has 3 rings (SSSR count). The minimum atomic E-state index is -0.381. The van der Waals surface area contributed by atoms with Gasteiger partial charge in [0.1, 0.15) is 0 Å². The number of benzene rings is 1. The number of nitrogens with two attached hydrogens (primary N) is 1. The van der Waals surface area contributed by atoms with Crippen LogP contribution in [0.15, 0.2) is 24.3 Å². The van der Waals surface area contributed by atoms with Gasteiger partial charge in [-0.2, -0.15) is 0 Å². The van der Waals surface area contributed by atoms with Crippen LogP contribution >= 0.6 is 11.3 Å². The fraction of sp³-hybridized carbons (Fsp3) is 0.286. The molecule has 2 N–H and O–H groups in total. The van der Waals surface area contributed by atoms with Crippen molar-refractivity contribution in [2.24, 2.45) is 0 Å². The molecular weight excluding hydrogens is 274 g/mol. The second kappa shape index (κ2) is 5.13. The van der Waals surface area contributed by atoms with E-state index in [1.165, 1.54) is 29.6 Å². The monoisotopic (exact) mass is 289 g/mol. The van der Waals surface area contributed by atoms with Crippen LogP contribution in [0.4, 0.5) is 10.9 Å². The number of nitrogens with zero attached hydrogens (tertiary/aromatic N) is 2. The lowest BCUT2D eigenvalue weighted by atomic mass is 10.00. The number of carbonyl (C=O) groups excluding carboxylic acids is 1. The first kappa shape index (κ1) is 12.9. The Bertz CT molecular complexity index is 654. The minimum Gasteiger partial charge on any atom is -0.465 e. The van der Waals surface area contributed by atoms with E-state index in [-0.39, 0.29) is 5.97 Å². The van der Waals surface area contributed by atoms with Crippen LogP contribution in [0.3, 0.4) is 0 Å². The Balaban J connectivity index is 1.93. The highest BCUT2D eigenvalue weighted by Crippen LogP contribution is 2.32. The zero-order valence-corrected chi connectivity index (χ0v) is 11.9. The number of aromatic nitrogens is 1. The normalized spacial score (nSPS) is 13.9. The largest absolute Gasteiger partial charge is 0.465 e. The van der Waals surface area contributed by atoms with Gasteiger partial charge in [-0.05, 0) is 17.5 Å². The van der Waals surface area contributed by atoms with Crippen molar-refractivity contribution in [2.75, 3.05) is 24.3 Å². The minimum absolute atomic E-state index is 0.381. The molecule has 0 aliphatic carbocycles. The van der Waals surface area contributed by atoms with Gasteiger partial charge in [0.05, 0.1) is 7.11 Å². The quantitative estimate of drug-likeness (QED) is 0.857. The molecule has 0 spiro atoms. The highest BCUT2D eigenvalue weighted by Gasteiger charge is 2.25. The van der Waals surface area contributed by atoms with Crippen molar-refractivity contribution in [2.45, 2.75) is 13.0 Å². The molecule has 2 aromatic rings. The first-order valence-electron chi connectivity index (χ1n) is 6.35. The third-order valence-electron chi connectivity index (χ3n) is 3.43. The number of esters is 1. The molecule has 0 unspecified atom stereocenters. The van der Waals surface area contributed by atoms with Crippen LogP contribution in [0.2, 0.25) is 0 Å². The van der Waals surface area contributed by atoms with Gasteiger partial charge in [-0.3, -0.25) is 0 Å².